The molecule has 0 bridgehead atoms. The molecule has 0 saturated carbocycles. The van der Waals surface area contributed by atoms with Crippen LogP contribution in [-0.4, -0.2) is 23.4 Å². The Morgan fingerprint density at radius 3 is 2.21 bits per heavy atom. The highest BCUT2D eigenvalue weighted by atomic mass is 35.5. The molecule has 1 fully saturated rings. The Hall–Kier alpha value is -2.04. The zero-order chi connectivity index (χ0) is 20.3. The zero-order valence-corrected chi connectivity index (χ0v) is 17.5. The molecule has 0 spiro atoms. The molecule has 1 heterocycles. The first-order chi connectivity index (χ1) is 13.3. The third-order valence-electron chi connectivity index (χ3n) is 5.40. The van der Waals surface area contributed by atoms with Crippen molar-refractivity contribution in [2.45, 2.75) is 50.6 Å². The lowest BCUT2D eigenvalue weighted by Gasteiger charge is -2.30. The summed E-state index contributed by atoms with van der Waals surface area (Å²) >= 11 is 12.1. The van der Waals surface area contributed by atoms with Crippen LogP contribution in [0.2, 0.25) is 10.0 Å². The van der Waals surface area contributed by atoms with Crippen molar-refractivity contribution in [3.8, 4) is 0 Å². The Morgan fingerprint density at radius 2 is 1.68 bits per heavy atom. The average molecular weight is 419 g/mol. The average Bonchev–Trinajstić information content (AvgIpc) is 3.02. The molecule has 2 aromatic rings. The maximum absolute atomic E-state index is 12.8. The molecule has 1 saturated heterocycles. The highest BCUT2D eigenvalue weighted by Crippen LogP contribution is 2.28. The summed E-state index contributed by atoms with van der Waals surface area (Å²) in [5, 5.41) is 7.28. The molecule has 1 aliphatic rings. The number of benzene rings is 2. The third kappa shape index (κ3) is 4.86. The number of carbonyl (C=O) groups is 2. The van der Waals surface area contributed by atoms with E-state index >= 15 is 0 Å². The molecule has 148 valence electrons. The predicted octanol–water partition coefficient (Wildman–Crippen LogP) is 4.49. The Bertz CT molecular complexity index is 852. The first kappa shape index (κ1) is 20.7. The number of rotatable bonds is 6. The first-order valence-electron chi connectivity index (χ1n) is 9.39. The SMILES string of the molecule is C[C@@H](NC(=O)C1(C)CCC(=O)N1)[C@H](Cc1ccc(Cl)cc1)c1ccc(Cl)cc1. The van der Waals surface area contributed by atoms with Crippen LogP contribution in [0.15, 0.2) is 48.5 Å². The number of carbonyl (C=O) groups excluding carboxylic acids is 2. The lowest BCUT2D eigenvalue weighted by Crippen LogP contribution is -2.55. The van der Waals surface area contributed by atoms with Gasteiger partial charge >= 0.3 is 0 Å². The fourth-order valence-corrected chi connectivity index (χ4v) is 3.85. The molecule has 0 radical (unpaired) electrons. The van der Waals surface area contributed by atoms with Gasteiger partial charge < -0.3 is 10.6 Å². The monoisotopic (exact) mass is 418 g/mol. The van der Waals surface area contributed by atoms with Crippen molar-refractivity contribution >= 4 is 35.0 Å². The second-order valence-electron chi connectivity index (χ2n) is 7.63. The number of nitrogens with one attached hydrogen (secondary N) is 2. The summed E-state index contributed by atoms with van der Waals surface area (Å²) < 4.78 is 0. The van der Waals surface area contributed by atoms with Crippen molar-refractivity contribution < 1.29 is 9.59 Å². The van der Waals surface area contributed by atoms with E-state index in [1.165, 1.54) is 0 Å². The molecule has 4 nitrogen and oxygen atoms in total. The predicted molar refractivity (Wildman–Crippen MR) is 113 cm³/mol. The smallest absolute Gasteiger partial charge is 0.245 e. The van der Waals surface area contributed by atoms with Gasteiger partial charge in [-0.05, 0) is 62.1 Å². The minimum Gasteiger partial charge on any atom is -0.351 e. The topological polar surface area (TPSA) is 58.2 Å². The van der Waals surface area contributed by atoms with Crippen molar-refractivity contribution in [2.75, 3.05) is 0 Å². The normalized spacial score (nSPS) is 21.1. The Labute approximate surface area is 175 Å². The standard InChI is InChI=1S/C22H24Cl2N2O2/c1-14(25-21(28)22(2)12-11-20(27)26-22)19(16-5-9-18(24)10-6-16)13-15-3-7-17(23)8-4-15/h3-10,14,19H,11-13H2,1-2H3,(H,25,28)(H,26,27)/t14-,19+,22?/m1/s1. The van der Waals surface area contributed by atoms with Gasteiger partial charge in [0.15, 0.2) is 0 Å². The van der Waals surface area contributed by atoms with Crippen LogP contribution >= 0.6 is 23.2 Å². The summed E-state index contributed by atoms with van der Waals surface area (Å²) in [4.78, 5) is 24.4. The van der Waals surface area contributed by atoms with Crippen molar-refractivity contribution in [3.63, 3.8) is 0 Å². The van der Waals surface area contributed by atoms with E-state index in [1.807, 2.05) is 55.5 Å². The molecular formula is C22H24Cl2N2O2. The summed E-state index contributed by atoms with van der Waals surface area (Å²) in [5.41, 5.74) is 1.37. The van der Waals surface area contributed by atoms with Crippen LogP contribution in [0.3, 0.4) is 0 Å². The lowest BCUT2D eigenvalue weighted by atomic mass is 9.86. The summed E-state index contributed by atoms with van der Waals surface area (Å²) in [7, 11) is 0. The maximum Gasteiger partial charge on any atom is 0.245 e. The minimum absolute atomic E-state index is 0.0445. The second kappa shape index (κ2) is 8.54. The highest BCUT2D eigenvalue weighted by Gasteiger charge is 2.40. The van der Waals surface area contributed by atoms with E-state index in [4.69, 9.17) is 23.2 Å². The van der Waals surface area contributed by atoms with Crippen molar-refractivity contribution in [3.05, 3.63) is 69.7 Å². The molecule has 6 heteroatoms. The van der Waals surface area contributed by atoms with Gasteiger partial charge in [-0.2, -0.15) is 0 Å². The lowest BCUT2D eigenvalue weighted by molar-refractivity contribution is -0.129. The van der Waals surface area contributed by atoms with Crippen LogP contribution in [0.5, 0.6) is 0 Å². The first-order valence-corrected chi connectivity index (χ1v) is 10.1. The molecule has 3 rings (SSSR count). The van der Waals surface area contributed by atoms with Crippen molar-refractivity contribution in [1.29, 1.82) is 0 Å². The number of hydrogen-bond donors (Lipinski definition) is 2. The second-order valence-corrected chi connectivity index (χ2v) is 8.50. The Balaban J connectivity index is 1.80. The van der Waals surface area contributed by atoms with Crippen LogP contribution < -0.4 is 10.6 Å². The van der Waals surface area contributed by atoms with Crippen LogP contribution in [0.4, 0.5) is 0 Å². The van der Waals surface area contributed by atoms with Gasteiger partial charge in [0.25, 0.3) is 0 Å². The van der Waals surface area contributed by atoms with E-state index in [0.29, 0.717) is 22.9 Å². The third-order valence-corrected chi connectivity index (χ3v) is 5.90. The van der Waals surface area contributed by atoms with E-state index in [2.05, 4.69) is 10.6 Å². The van der Waals surface area contributed by atoms with Crippen molar-refractivity contribution in [1.82, 2.24) is 10.6 Å². The summed E-state index contributed by atoms with van der Waals surface area (Å²) in [6.07, 6.45) is 1.63. The van der Waals surface area contributed by atoms with Crippen LogP contribution in [0.25, 0.3) is 0 Å². The van der Waals surface area contributed by atoms with E-state index in [1.54, 1.807) is 6.92 Å². The molecule has 2 aromatic carbocycles. The van der Waals surface area contributed by atoms with Crippen LogP contribution in [0.1, 0.15) is 43.7 Å². The molecule has 0 aliphatic carbocycles. The van der Waals surface area contributed by atoms with Gasteiger partial charge in [-0.1, -0.05) is 47.5 Å². The molecule has 0 aromatic heterocycles. The minimum atomic E-state index is -0.851. The van der Waals surface area contributed by atoms with E-state index in [-0.39, 0.29) is 23.8 Å². The Kier molecular flexibility index (Phi) is 6.31. The van der Waals surface area contributed by atoms with Gasteiger partial charge in [0.05, 0.1) is 0 Å². The molecule has 1 aliphatic heterocycles. The largest absolute Gasteiger partial charge is 0.351 e. The quantitative estimate of drug-likeness (QED) is 0.725. The molecule has 28 heavy (non-hydrogen) atoms. The Morgan fingerprint density at radius 1 is 1.11 bits per heavy atom. The van der Waals surface area contributed by atoms with Gasteiger partial charge in [0, 0.05) is 28.4 Å². The fraction of sp³-hybridized carbons (Fsp3) is 0.364. The maximum atomic E-state index is 12.8. The van der Waals surface area contributed by atoms with E-state index < -0.39 is 5.54 Å². The fourth-order valence-electron chi connectivity index (χ4n) is 3.60. The van der Waals surface area contributed by atoms with E-state index in [9.17, 15) is 9.59 Å². The molecule has 3 atom stereocenters. The van der Waals surface area contributed by atoms with Gasteiger partial charge in [0.2, 0.25) is 11.8 Å². The molecule has 2 N–H and O–H groups in total. The van der Waals surface area contributed by atoms with Gasteiger partial charge in [-0.15, -0.1) is 0 Å². The molecular weight excluding hydrogens is 395 g/mol. The van der Waals surface area contributed by atoms with Gasteiger partial charge in [-0.3, -0.25) is 9.59 Å². The molecule has 2 amide bonds. The van der Waals surface area contributed by atoms with Crippen molar-refractivity contribution in [2.24, 2.45) is 0 Å². The summed E-state index contributed by atoms with van der Waals surface area (Å²) in [5.74, 6) is -0.190. The van der Waals surface area contributed by atoms with Gasteiger partial charge in [0.1, 0.15) is 5.54 Å². The number of hydrogen-bond acceptors (Lipinski definition) is 2. The van der Waals surface area contributed by atoms with Gasteiger partial charge in [-0.25, -0.2) is 0 Å². The zero-order valence-electron chi connectivity index (χ0n) is 16.0. The number of amides is 2. The summed E-state index contributed by atoms with van der Waals surface area (Å²) in [6.45, 7) is 3.77. The highest BCUT2D eigenvalue weighted by molar-refractivity contribution is 6.30. The van der Waals surface area contributed by atoms with Crippen LogP contribution in [0, 0.1) is 0 Å². The van der Waals surface area contributed by atoms with E-state index in [0.717, 1.165) is 17.5 Å². The molecule has 1 unspecified atom stereocenters. The number of halogens is 2. The summed E-state index contributed by atoms with van der Waals surface area (Å²) in [6, 6.07) is 15.3. The van der Waals surface area contributed by atoms with Crippen LogP contribution in [-0.2, 0) is 16.0 Å².